The maximum Gasteiger partial charge on any atom is 0.242 e. The molecule has 0 heterocycles. The van der Waals surface area contributed by atoms with Crippen molar-refractivity contribution in [1.82, 2.24) is 6.15 Å². The Morgan fingerprint density at radius 3 is 1.00 bits per heavy atom. The number of hydrogen-bond donors (Lipinski definition) is 1. The second-order valence-corrected chi connectivity index (χ2v) is 6.00. The van der Waals surface area contributed by atoms with Crippen molar-refractivity contribution in [2.75, 3.05) is 0 Å². The summed E-state index contributed by atoms with van der Waals surface area (Å²) < 4.78 is 0. The Morgan fingerprint density at radius 1 is 0.478 bits per heavy atom. The molecular weight excluding hydrogens is 277 g/mol. The predicted molar refractivity (Wildman–Crippen MR) is 103 cm³/mol. The third kappa shape index (κ3) is 3.38. The van der Waals surface area contributed by atoms with Gasteiger partial charge in [-0.2, -0.15) is 0 Å². The highest BCUT2D eigenvalue weighted by Crippen LogP contribution is 2.05. The van der Waals surface area contributed by atoms with Crippen LogP contribution in [-0.4, -0.2) is 6.71 Å². The molecule has 0 fully saturated rings. The van der Waals surface area contributed by atoms with E-state index >= 15 is 0 Å². The van der Waals surface area contributed by atoms with Crippen LogP contribution < -0.4 is 22.5 Å². The molecule has 23 heavy (non-hydrogen) atoms. The van der Waals surface area contributed by atoms with Crippen molar-refractivity contribution >= 4 is 23.1 Å². The molecule has 1 nitrogen and oxygen atoms in total. The maximum absolute atomic E-state index is 2.26. The fourth-order valence-corrected chi connectivity index (χ4v) is 3.23. The van der Waals surface area contributed by atoms with Gasteiger partial charge in [-0.25, -0.2) is 0 Å². The summed E-state index contributed by atoms with van der Waals surface area (Å²) in [7, 11) is 0. The van der Waals surface area contributed by atoms with Gasteiger partial charge in [0.1, 0.15) is 0 Å². The summed E-state index contributed by atoms with van der Waals surface area (Å²) in [6, 6.07) is 26.2. The van der Waals surface area contributed by atoms with Gasteiger partial charge in [0, 0.05) is 0 Å². The van der Waals surface area contributed by atoms with Crippen molar-refractivity contribution in [2.45, 2.75) is 20.8 Å². The number of rotatable bonds is 3. The van der Waals surface area contributed by atoms with Gasteiger partial charge in [-0.1, -0.05) is 106 Å². The van der Waals surface area contributed by atoms with Crippen LogP contribution in [0.3, 0.4) is 0 Å². The molecule has 0 aliphatic heterocycles. The van der Waals surface area contributed by atoms with Crippen molar-refractivity contribution in [3.63, 3.8) is 0 Å². The highest BCUT2D eigenvalue weighted by Gasteiger charge is 2.25. The first-order chi connectivity index (χ1) is 10.7. The average molecular weight is 301 g/mol. The molecule has 0 aromatic heterocycles. The van der Waals surface area contributed by atoms with E-state index in [1.54, 1.807) is 0 Å². The molecule has 2 heteroatoms. The van der Waals surface area contributed by atoms with E-state index in [1.165, 1.54) is 33.1 Å². The van der Waals surface area contributed by atoms with Crippen LogP contribution in [0.1, 0.15) is 16.7 Å². The van der Waals surface area contributed by atoms with Gasteiger partial charge in [-0.15, -0.1) is 0 Å². The summed E-state index contributed by atoms with van der Waals surface area (Å²) in [6.45, 7) is 6.92. The van der Waals surface area contributed by atoms with Gasteiger partial charge in [0.05, 0.1) is 0 Å². The molecule has 0 aliphatic rings. The first-order valence-corrected chi connectivity index (χ1v) is 7.85. The normalized spacial score (nSPS) is 10.0. The van der Waals surface area contributed by atoms with E-state index in [0.717, 1.165) is 0 Å². The van der Waals surface area contributed by atoms with Crippen LogP contribution in [0.2, 0.25) is 0 Å². The smallest absolute Gasteiger partial charge is 0.242 e. The van der Waals surface area contributed by atoms with Crippen molar-refractivity contribution < 1.29 is 0 Å². The van der Waals surface area contributed by atoms with E-state index in [4.69, 9.17) is 0 Å². The Morgan fingerprint density at radius 2 is 0.739 bits per heavy atom. The van der Waals surface area contributed by atoms with Gasteiger partial charge in [0.2, 0.25) is 6.71 Å². The number of hydrogen-bond acceptors (Lipinski definition) is 1. The van der Waals surface area contributed by atoms with Crippen molar-refractivity contribution in [1.29, 1.82) is 0 Å². The van der Waals surface area contributed by atoms with E-state index in [-0.39, 0.29) is 6.15 Å². The lowest BCUT2D eigenvalue weighted by molar-refractivity contribution is 1.47. The highest BCUT2D eigenvalue weighted by molar-refractivity contribution is 6.96. The summed E-state index contributed by atoms with van der Waals surface area (Å²) in [5.74, 6) is 0. The monoisotopic (exact) mass is 301 g/mol. The molecule has 3 aromatic rings. The zero-order valence-electron chi connectivity index (χ0n) is 14.2. The van der Waals surface area contributed by atoms with Gasteiger partial charge in [0.15, 0.2) is 0 Å². The molecule has 3 aromatic carbocycles. The lowest BCUT2D eigenvalue weighted by Crippen LogP contribution is -2.54. The Labute approximate surface area is 140 Å². The fraction of sp³-hybridized carbons (Fsp3) is 0.143. The molecule has 0 unspecified atom stereocenters. The van der Waals surface area contributed by atoms with Crippen LogP contribution in [0, 0.1) is 20.8 Å². The van der Waals surface area contributed by atoms with Crippen LogP contribution in [0.15, 0.2) is 72.8 Å². The van der Waals surface area contributed by atoms with Gasteiger partial charge >= 0.3 is 0 Å². The minimum absolute atomic E-state index is 0. The summed E-state index contributed by atoms with van der Waals surface area (Å²) in [4.78, 5) is 0. The van der Waals surface area contributed by atoms with Crippen LogP contribution in [0.4, 0.5) is 0 Å². The number of benzene rings is 3. The van der Waals surface area contributed by atoms with E-state index in [0.29, 0.717) is 6.71 Å². The molecule has 3 N–H and O–H groups in total. The van der Waals surface area contributed by atoms with E-state index in [1.807, 2.05) is 0 Å². The first kappa shape index (κ1) is 17.0. The minimum Gasteiger partial charge on any atom is -0.344 e. The molecular formula is C21H24BN. The summed E-state index contributed by atoms with van der Waals surface area (Å²) in [6.07, 6.45) is 0. The van der Waals surface area contributed by atoms with Gasteiger partial charge in [0.25, 0.3) is 0 Å². The third-order valence-electron chi connectivity index (χ3n) is 4.50. The van der Waals surface area contributed by atoms with Crippen LogP contribution in [-0.2, 0) is 0 Å². The topological polar surface area (TPSA) is 35.0 Å². The summed E-state index contributed by atoms with van der Waals surface area (Å²) >= 11 is 0. The lowest BCUT2D eigenvalue weighted by atomic mass is 9.35. The Balaban J connectivity index is 0.00000192. The predicted octanol–water partition coefficient (Wildman–Crippen LogP) is 3.29. The van der Waals surface area contributed by atoms with E-state index in [9.17, 15) is 0 Å². The van der Waals surface area contributed by atoms with Gasteiger partial charge in [-0.3, -0.25) is 0 Å². The van der Waals surface area contributed by atoms with Crippen LogP contribution in [0.5, 0.6) is 0 Å². The molecule has 3 rings (SSSR count). The second kappa shape index (κ2) is 7.30. The molecule has 0 atom stereocenters. The van der Waals surface area contributed by atoms with E-state index in [2.05, 4.69) is 93.6 Å². The van der Waals surface area contributed by atoms with Crippen LogP contribution in [0.25, 0.3) is 0 Å². The SMILES string of the molecule is Cc1ccccc1B(c1ccccc1C)c1ccccc1C.N. The lowest BCUT2D eigenvalue weighted by Gasteiger charge is -2.21. The second-order valence-electron chi connectivity index (χ2n) is 6.00. The van der Waals surface area contributed by atoms with Crippen molar-refractivity contribution in [3.8, 4) is 0 Å². The minimum atomic E-state index is 0. The molecule has 0 bridgehead atoms. The third-order valence-corrected chi connectivity index (χ3v) is 4.50. The Hall–Kier alpha value is -2.32. The highest BCUT2D eigenvalue weighted by atomic mass is 14.0. The van der Waals surface area contributed by atoms with Crippen molar-refractivity contribution in [3.05, 3.63) is 89.5 Å². The van der Waals surface area contributed by atoms with Gasteiger partial charge in [-0.05, 0) is 20.8 Å². The van der Waals surface area contributed by atoms with Gasteiger partial charge < -0.3 is 6.15 Å². The molecule has 0 amide bonds. The average Bonchev–Trinajstić information content (AvgIpc) is 2.53. The number of aryl methyl sites for hydroxylation is 3. The molecule has 0 aliphatic carbocycles. The Kier molecular flexibility index (Phi) is 5.41. The zero-order valence-corrected chi connectivity index (χ0v) is 14.2. The van der Waals surface area contributed by atoms with Crippen LogP contribution >= 0.6 is 0 Å². The fourth-order valence-electron chi connectivity index (χ4n) is 3.23. The molecule has 116 valence electrons. The summed E-state index contributed by atoms with van der Waals surface area (Å²) in [5, 5.41) is 0. The maximum atomic E-state index is 2.26. The standard InChI is InChI=1S/C21H21B.H3N/c1-16-10-4-7-13-19(16)22(20-14-8-5-11-17(20)2)21-15-9-6-12-18(21)3;/h4-15H,1-3H3;1H3. The molecule has 0 saturated carbocycles. The largest absolute Gasteiger partial charge is 0.344 e. The van der Waals surface area contributed by atoms with Crippen molar-refractivity contribution in [2.24, 2.45) is 0 Å². The quantitative estimate of drug-likeness (QED) is 0.740. The Bertz CT molecular complexity index is 687. The molecule has 0 spiro atoms. The summed E-state index contributed by atoms with van der Waals surface area (Å²) in [5.41, 5.74) is 8.22. The molecule has 0 saturated heterocycles. The zero-order chi connectivity index (χ0) is 15.5. The van der Waals surface area contributed by atoms with E-state index < -0.39 is 0 Å². The first-order valence-electron chi connectivity index (χ1n) is 7.85. The molecule has 0 radical (unpaired) electrons.